The first-order chi connectivity index (χ1) is 11.5. The molecule has 0 saturated carbocycles. The SMILES string of the molecule is CCC(N)C(=O)N1c2cc(Cl)c(Cl)cc2CC1C(=O)NCC(F)(F)F. The summed E-state index contributed by atoms with van der Waals surface area (Å²) in [5.41, 5.74) is 6.63. The number of nitrogens with one attached hydrogen (secondary N) is 1. The molecule has 1 heterocycles. The molecule has 2 amide bonds. The summed E-state index contributed by atoms with van der Waals surface area (Å²) in [6, 6.07) is 0.875. The second-order valence-electron chi connectivity index (χ2n) is 5.67. The first-order valence-corrected chi connectivity index (χ1v) is 8.21. The highest BCUT2D eigenvalue weighted by molar-refractivity contribution is 6.42. The number of nitrogens with two attached hydrogens (primary N) is 1. The number of alkyl halides is 3. The van der Waals surface area contributed by atoms with Gasteiger partial charge in [-0.15, -0.1) is 0 Å². The fourth-order valence-corrected chi connectivity index (χ4v) is 2.92. The summed E-state index contributed by atoms with van der Waals surface area (Å²) >= 11 is 11.9. The minimum Gasteiger partial charge on any atom is -0.345 e. The zero-order valence-electron chi connectivity index (χ0n) is 13.2. The number of nitrogens with zero attached hydrogens (tertiary/aromatic N) is 1. The molecule has 1 aromatic carbocycles. The van der Waals surface area contributed by atoms with E-state index in [4.69, 9.17) is 28.9 Å². The van der Waals surface area contributed by atoms with Crippen LogP contribution >= 0.6 is 23.2 Å². The molecule has 1 aliphatic heterocycles. The van der Waals surface area contributed by atoms with Gasteiger partial charge in [0.25, 0.3) is 0 Å². The summed E-state index contributed by atoms with van der Waals surface area (Å²) in [6.07, 6.45) is -4.22. The Morgan fingerprint density at radius 1 is 1.36 bits per heavy atom. The Hall–Kier alpha value is -1.51. The average molecular weight is 398 g/mol. The fourth-order valence-electron chi connectivity index (χ4n) is 2.57. The molecule has 0 spiro atoms. The lowest BCUT2D eigenvalue weighted by molar-refractivity contribution is -0.139. The molecule has 25 heavy (non-hydrogen) atoms. The van der Waals surface area contributed by atoms with Crippen molar-refractivity contribution in [3.63, 3.8) is 0 Å². The highest BCUT2D eigenvalue weighted by atomic mass is 35.5. The Kier molecular flexibility index (Phi) is 5.86. The van der Waals surface area contributed by atoms with Crippen LogP contribution in [0, 0.1) is 0 Å². The van der Waals surface area contributed by atoms with Crippen molar-refractivity contribution < 1.29 is 22.8 Å². The van der Waals surface area contributed by atoms with Crippen LogP contribution in [0.25, 0.3) is 0 Å². The van der Waals surface area contributed by atoms with E-state index in [0.717, 1.165) is 4.90 Å². The monoisotopic (exact) mass is 397 g/mol. The van der Waals surface area contributed by atoms with Crippen molar-refractivity contribution in [3.05, 3.63) is 27.7 Å². The third kappa shape index (κ3) is 4.37. The second-order valence-corrected chi connectivity index (χ2v) is 6.49. The van der Waals surface area contributed by atoms with Gasteiger partial charge in [0.15, 0.2) is 0 Å². The number of hydrogen-bond acceptors (Lipinski definition) is 3. The van der Waals surface area contributed by atoms with Crippen LogP contribution in [0.15, 0.2) is 12.1 Å². The molecule has 2 rings (SSSR count). The standard InChI is InChI=1S/C15H16Cl2F3N3O2/c1-2-10(21)14(25)23-11-5-9(17)8(16)3-7(11)4-12(23)13(24)22-6-15(18,19)20/h3,5,10,12H,2,4,6,21H2,1H3,(H,22,24). The molecule has 10 heteroatoms. The number of fused-ring (bicyclic) bond motifs is 1. The molecule has 138 valence electrons. The van der Waals surface area contributed by atoms with Crippen molar-refractivity contribution in [3.8, 4) is 0 Å². The van der Waals surface area contributed by atoms with E-state index in [-0.39, 0.29) is 16.5 Å². The van der Waals surface area contributed by atoms with Crippen LogP contribution in [-0.4, -0.2) is 36.6 Å². The van der Waals surface area contributed by atoms with Crippen molar-refractivity contribution in [2.45, 2.75) is 38.0 Å². The van der Waals surface area contributed by atoms with E-state index in [1.807, 2.05) is 0 Å². The van der Waals surface area contributed by atoms with Gasteiger partial charge in [0.2, 0.25) is 11.8 Å². The highest BCUT2D eigenvalue weighted by Crippen LogP contribution is 2.38. The number of hydrogen-bond donors (Lipinski definition) is 2. The number of halogens is 5. The van der Waals surface area contributed by atoms with Gasteiger partial charge in [-0.2, -0.15) is 13.2 Å². The van der Waals surface area contributed by atoms with Crippen LogP contribution in [0.4, 0.5) is 18.9 Å². The van der Waals surface area contributed by atoms with Gasteiger partial charge in [-0.05, 0) is 24.1 Å². The molecule has 5 nitrogen and oxygen atoms in total. The van der Waals surface area contributed by atoms with Crippen LogP contribution < -0.4 is 16.0 Å². The molecule has 0 radical (unpaired) electrons. The van der Waals surface area contributed by atoms with Crippen LogP contribution in [-0.2, 0) is 16.0 Å². The van der Waals surface area contributed by atoms with E-state index in [1.54, 1.807) is 12.2 Å². The van der Waals surface area contributed by atoms with Crippen LogP contribution in [0.5, 0.6) is 0 Å². The molecule has 3 N–H and O–H groups in total. The topological polar surface area (TPSA) is 75.4 Å². The maximum Gasteiger partial charge on any atom is 0.405 e. The number of carbonyl (C=O) groups is 2. The van der Waals surface area contributed by atoms with Gasteiger partial charge in [0.05, 0.1) is 16.1 Å². The Labute approximate surface area is 152 Å². The average Bonchev–Trinajstić information content (AvgIpc) is 2.89. The molecule has 0 bridgehead atoms. The molecule has 0 fully saturated rings. The maximum absolute atomic E-state index is 12.6. The normalized spacial score (nSPS) is 18.0. The Morgan fingerprint density at radius 3 is 2.52 bits per heavy atom. The van der Waals surface area contributed by atoms with Gasteiger partial charge in [-0.1, -0.05) is 30.1 Å². The van der Waals surface area contributed by atoms with Crippen molar-refractivity contribution in [2.75, 3.05) is 11.4 Å². The van der Waals surface area contributed by atoms with Gasteiger partial charge >= 0.3 is 6.18 Å². The summed E-state index contributed by atoms with van der Waals surface area (Å²) in [5, 5.41) is 2.20. The van der Waals surface area contributed by atoms with E-state index in [9.17, 15) is 22.8 Å². The zero-order valence-corrected chi connectivity index (χ0v) is 14.7. The molecule has 2 atom stereocenters. The molecular weight excluding hydrogens is 382 g/mol. The zero-order chi connectivity index (χ0) is 18.9. The second kappa shape index (κ2) is 7.39. The van der Waals surface area contributed by atoms with Crippen molar-refractivity contribution in [2.24, 2.45) is 5.73 Å². The molecule has 2 unspecified atom stereocenters. The van der Waals surface area contributed by atoms with Gasteiger partial charge in [0.1, 0.15) is 12.6 Å². The van der Waals surface area contributed by atoms with Crippen LogP contribution in [0.2, 0.25) is 10.0 Å². The van der Waals surface area contributed by atoms with E-state index in [2.05, 4.69) is 0 Å². The van der Waals surface area contributed by atoms with E-state index >= 15 is 0 Å². The van der Waals surface area contributed by atoms with Crippen LogP contribution in [0.3, 0.4) is 0 Å². The van der Waals surface area contributed by atoms with Crippen molar-refractivity contribution in [1.29, 1.82) is 0 Å². The summed E-state index contributed by atoms with van der Waals surface area (Å²) in [7, 11) is 0. The largest absolute Gasteiger partial charge is 0.405 e. The molecule has 0 saturated heterocycles. The number of anilines is 1. The molecular formula is C15H16Cl2F3N3O2. The smallest absolute Gasteiger partial charge is 0.345 e. The van der Waals surface area contributed by atoms with Gasteiger partial charge in [-0.25, -0.2) is 0 Å². The predicted molar refractivity (Wildman–Crippen MR) is 88.8 cm³/mol. The Morgan fingerprint density at radius 2 is 1.96 bits per heavy atom. The molecule has 1 aromatic rings. The summed E-state index contributed by atoms with van der Waals surface area (Å²) < 4.78 is 37.1. The molecule has 0 aromatic heterocycles. The van der Waals surface area contributed by atoms with Crippen molar-refractivity contribution in [1.82, 2.24) is 5.32 Å². The Bertz CT molecular complexity index is 697. The minimum absolute atomic E-state index is 0.0259. The quantitative estimate of drug-likeness (QED) is 0.819. The summed E-state index contributed by atoms with van der Waals surface area (Å²) in [4.78, 5) is 25.9. The van der Waals surface area contributed by atoms with E-state index in [0.29, 0.717) is 17.7 Å². The maximum atomic E-state index is 12.6. The van der Waals surface area contributed by atoms with Crippen molar-refractivity contribution >= 4 is 40.7 Å². The first-order valence-electron chi connectivity index (χ1n) is 7.46. The first kappa shape index (κ1) is 19.8. The van der Waals surface area contributed by atoms with Gasteiger partial charge in [-0.3, -0.25) is 14.5 Å². The summed E-state index contributed by atoms with van der Waals surface area (Å²) in [6.45, 7) is 0.204. The third-order valence-electron chi connectivity index (χ3n) is 3.87. The third-order valence-corrected chi connectivity index (χ3v) is 4.59. The van der Waals surface area contributed by atoms with Gasteiger partial charge < -0.3 is 11.1 Å². The fraction of sp³-hybridized carbons (Fsp3) is 0.467. The lowest BCUT2D eigenvalue weighted by atomic mass is 10.1. The Balaban J connectivity index is 2.35. The molecule has 1 aliphatic rings. The van der Waals surface area contributed by atoms with Crippen LogP contribution in [0.1, 0.15) is 18.9 Å². The predicted octanol–water partition coefficient (Wildman–Crippen LogP) is 2.67. The number of carbonyl (C=O) groups excluding carboxylic acids is 2. The van der Waals surface area contributed by atoms with E-state index < -0.39 is 36.6 Å². The lowest BCUT2D eigenvalue weighted by Crippen LogP contribution is -2.53. The number of amides is 2. The highest BCUT2D eigenvalue weighted by Gasteiger charge is 2.41. The molecule has 0 aliphatic carbocycles. The summed E-state index contributed by atoms with van der Waals surface area (Å²) in [5.74, 6) is -1.48. The number of rotatable bonds is 4. The van der Waals surface area contributed by atoms with Gasteiger partial charge in [0, 0.05) is 12.1 Å². The lowest BCUT2D eigenvalue weighted by Gasteiger charge is -2.27. The van der Waals surface area contributed by atoms with E-state index in [1.165, 1.54) is 12.1 Å². The minimum atomic E-state index is -4.55. The number of benzene rings is 1.